The molecular weight excluding hydrogens is 324 g/mol. The molecule has 5 nitrogen and oxygen atoms in total. The Labute approximate surface area is 125 Å². The van der Waals surface area contributed by atoms with Gasteiger partial charge in [0.2, 0.25) is 5.89 Å². The molecule has 20 heavy (non-hydrogen) atoms. The highest BCUT2D eigenvalue weighted by Gasteiger charge is 2.30. The zero-order valence-electron chi connectivity index (χ0n) is 10.8. The summed E-state index contributed by atoms with van der Waals surface area (Å²) in [5, 5.41) is 13.9. The minimum Gasteiger partial charge on any atom is -0.392 e. The molecule has 1 aliphatic heterocycles. The molecule has 1 aliphatic rings. The van der Waals surface area contributed by atoms with Crippen LogP contribution in [-0.4, -0.2) is 34.6 Å². The van der Waals surface area contributed by atoms with Crippen molar-refractivity contribution in [1.82, 2.24) is 10.1 Å². The molecule has 0 aliphatic carbocycles. The highest BCUT2D eigenvalue weighted by atomic mass is 79.9. The Morgan fingerprint density at radius 3 is 3.00 bits per heavy atom. The van der Waals surface area contributed by atoms with Crippen LogP contribution in [0.25, 0.3) is 0 Å². The Bertz CT molecular complexity index is 587. The van der Waals surface area contributed by atoms with Crippen LogP contribution in [0.5, 0.6) is 0 Å². The third kappa shape index (κ3) is 2.92. The molecule has 2 heterocycles. The highest BCUT2D eigenvalue weighted by Crippen LogP contribution is 2.25. The Kier molecular flexibility index (Phi) is 4.14. The summed E-state index contributed by atoms with van der Waals surface area (Å²) in [5.74, 6) is 0.855. The number of aliphatic hydroxyl groups is 1. The average molecular weight is 339 g/mol. The van der Waals surface area contributed by atoms with Gasteiger partial charge in [0.1, 0.15) is 0 Å². The van der Waals surface area contributed by atoms with Crippen molar-refractivity contribution >= 4 is 15.9 Å². The summed E-state index contributed by atoms with van der Waals surface area (Å²) in [6.45, 7) is 1.01. The molecule has 0 radical (unpaired) electrons. The predicted molar refractivity (Wildman–Crippen MR) is 75.4 cm³/mol. The monoisotopic (exact) mass is 338 g/mol. The summed E-state index contributed by atoms with van der Waals surface area (Å²) >= 11 is 3.50. The van der Waals surface area contributed by atoms with E-state index in [1.54, 1.807) is 0 Å². The summed E-state index contributed by atoms with van der Waals surface area (Å²) in [6.07, 6.45) is 0.724. The molecule has 1 N–H and O–H groups in total. The maximum atomic E-state index is 9.95. The molecule has 1 saturated heterocycles. The first-order chi connectivity index (χ1) is 9.74. The molecule has 2 atom stereocenters. The molecule has 106 valence electrons. The van der Waals surface area contributed by atoms with Gasteiger partial charge in [-0.3, -0.25) is 0 Å². The minimum atomic E-state index is -0.472. The standard InChI is InChI=1S/C14H15BrN2O3/c15-11-4-2-1-3-9(11)7-13-16-14(20-17-13)10-8-19-6-5-12(10)18/h1-4,10,12,18H,5-8H2. The van der Waals surface area contributed by atoms with Gasteiger partial charge in [-0.05, 0) is 18.1 Å². The van der Waals surface area contributed by atoms with Gasteiger partial charge in [-0.15, -0.1) is 0 Å². The van der Waals surface area contributed by atoms with Crippen molar-refractivity contribution in [3.8, 4) is 0 Å². The van der Waals surface area contributed by atoms with E-state index in [4.69, 9.17) is 9.26 Å². The van der Waals surface area contributed by atoms with E-state index in [1.807, 2.05) is 24.3 Å². The summed E-state index contributed by atoms with van der Waals surface area (Å²) < 4.78 is 11.6. The van der Waals surface area contributed by atoms with E-state index in [9.17, 15) is 5.11 Å². The zero-order chi connectivity index (χ0) is 13.9. The van der Waals surface area contributed by atoms with Crippen LogP contribution in [0, 0.1) is 0 Å². The van der Waals surface area contributed by atoms with Gasteiger partial charge < -0.3 is 14.4 Å². The third-order valence-electron chi connectivity index (χ3n) is 3.43. The minimum absolute atomic E-state index is 0.218. The van der Waals surface area contributed by atoms with Crippen molar-refractivity contribution in [3.63, 3.8) is 0 Å². The van der Waals surface area contributed by atoms with Crippen molar-refractivity contribution < 1.29 is 14.4 Å². The van der Waals surface area contributed by atoms with E-state index >= 15 is 0 Å². The van der Waals surface area contributed by atoms with Gasteiger partial charge in [-0.25, -0.2) is 0 Å². The largest absolute Gasteiger partial charge is 0.392 e. The molecule has 0 spiro atoms. The lowest BCUT2D eigenvalue weighted by Crippen LogP contribution is -2.30. The first-order valence-corrected chi connectivity index (χ1v) is 7.35. The van der Waals surface area contributed by atoms with Crippen LogP contribution in [0.1, 0.15) is 29.6 Å². The Hall–Kier alpha value is -1.24. The highest BCUT2D eigenvalue weighted by molar-refractivity contribution is 9.10. The Balaban J connectivity index is 1.75. The fraction of sp³-hybridized carbons (Fsp3) is 0.429. The molecule has 6 heteroatoms. The number of benzene rings is 1. The van der Waals surface area contributed by atoms with E-state index in [2.05, 4.69) is 26.1 Å². The smallest absolute Gasteiger partial charge is 0.234 e. The van der Waals surface area contributed by atoms with Gasteiger partial charge in [-0.1, -0.05) is 39.3 Å². The first-order valence-electron chi connectivity index (χ1n) is 6.56. The van der Waals surface area contributed by atoms with Crippen LogP contribution < -0.4 is 0 Å². The molecule has 2 aromatic rings. The number of hydrogen-bond donors (Lipinski definition) is 1. The number of nitrogens with zero attached hydrogens (tertiary/aromatic N) is 2. The molecular formula is C14H15BrN2O3. The van der Waals surface area contributed by atoms with Crippen molar-refractivity contribution in [2.75, 3.05) is 13.2 Å². The lowest BCUT2D eigenvalue weighted by Gasteiger charge is -2.24. The molecule has 1 aromatic carbocycles. The summed E-state index contributed by atoms with van der Waals surface area (Å²) in [7, 11) is 0. The summed E-state index contributed by atoms with van der Waals surface area (Å²) in [4.78, 5) is 4.38. The van der Waals surface area contributed by atoms with Crippen molar-refractivity contribution in [2.45, 2.75) is 24.9 Å². The van der Waals surface area contributed by atoms with Crippen molar-refractivity contribution in [3.05, 3.63) is 46.0 Å². The van der Waals surface area contributed by atoms with Crippen molar-refractivity contribution in [1.29, 1.82) is 0 Å². The second-order valence-corrected chi connectivity index (χ2v) is 5.71. The van der Waals surface area contributed by atoms with Crippen LogP contribution in [0.3, 0.4) is 0 Å². The maximum Gasteiger partial charge on any atom is 0.234 e. The fourth-order valence-electron chi connectivity index (χ4n) is 2.26. The van der Waals surface area contributed by atoms with Crippen LogP contribution in [0.4, 0.5) is 0 Å². The quantitative estimate of drug-likeness (QED) is 0.929. The Morgan fingerprint density at radius 2 is 2.20 bits per heavy atom. The van der Waals surface area contributed by atoms with E-state index in [1.165, 1.54) is 0 Å². The number of aliphatic hydroxyl groups excluding tert-OH is 1. The van der Waals surface area contributed by atoms with Crippen LogP contribution in [0.15, 0.2) is 33.3 Å². The maximum absolute atomic E-state index is 9.95. The number of halogens is 1. The molecule has 0 bridgehead atoms. The van der Waals surface area contributed by atoms with Gasteiger partial charge in [0.25, 0.3) is 0 Å². The van der Waals surface area contributed by atoms with Gasteiger partial charge in [0, 0.05) is 17.5 Å². The number of rotatable bonds is 3. The summed E-state index contributed by atoms with van der Waals surface area (Å²) in [6, 6.07) is 7.93. The van der Waals surface area contributed by atoms with Gasteiger partial charge in [0.15, 0.2) is 5.82 Å². The van der Waals surface area contributed by atoms with E-state index in [0.717, 1.165) is 10.0 Å². The van der Waals surface area contributed by atoms with E-state index in [0.29, 0.717) is 37.8 Å². The second-order valence-electron chi connectivity index (χ2n) is 4.85. The van der Waals surface area contributed by atoms with Crippen molar-refractivity contribution in [2.24, 2.45) is 0 Å². The van der Waals surface area contributed by atoms with Crippen LogP contribution >= 0.6 is 15.9 Å². The lowest BCUT2D eigenvalue weighted by atomic mass is 9.99. The molecule has 2 unspecified atom stereocenters. The number of hydrogen-bond acceptors (Lipinski definition) is 5. The number of ether oxygens (including phenoxy) is 1. The SMILES string of the molecule is OC1CCOCC1c1nc(Cc2ccccc2Br)no1. The summed E-state index contributed by atoms with van der Waals surface area (Å²) in [5.41, 5.74) is 1.10. The molecule has 0 amide bonds. The fourth-order valence-corrected chi connectivity index (χ4v) is 2.69. The third-order valence-corrected chi connectivity index (χ3v) is 4.20. The molecule has 1 fully saturated rings. The lowest BCUT2D eigenvalue weighted by molar-refractivity contribution is -0.0149. The van der Waals surface area contributed by atoms with Gasteiger partial charge in [-0.2, -0.15) is 4.98 Å². The molecule has 1 aromatic heterocycles. The van der Waals surface area contributed by atoms with E-state index in [-0.39, 0.29) is 5.92 Å². The molecule has 3 rings (SSSR count). The average Bonchev–Trinajstić information content (AvgIpc) is 2.90. The van der Waals surface area contributed by atoms with Gasteiger partial charge in [0.05, 0.1) is 18.6 Å². The predicted octanol–water partition coefficient (Wildman–Crippen LogP) is 2.29. The number of aromatic nitrogens is 2. The van der Waals surface area contributed by atoms with Gasteiger partial charge >= 0.3 is 0 Å². The second kappa shape index (κ2) is 6.03. The first kappa shape index (κ1) is 13.7. The molecule has 0 saturated carbocycles. The normalized spacial score (nSPS) is 22.9. The van der Waals surface area contributed by atoms with Crippen LogP contribution in [-0.2, 0) is 11.2 Å². The topological polar surface area (TPSA) is 68.4 Å². The Morgan fingerprint density at radius 1 is 1.35 bits per heavy atom. The van der Waals surface area contributed by atoms with E-state index < -0.39 is 6.10 Å². The van der Waals surface area contributed by atoms with Crippen LogP contribution in [0.2, 0.25) is 0 Å². The zero-order valence-corrected chi connectivity index (χ0v) is 12.4.